The highest BCUT2D eigenvalue weighted by Crippen LogP contribution is 2.31. The number of rotatable bonds is 2. The van der Waals surface area contributed by atoms with Gasteiger partial charge in [0.15, 0.2) is 10.6 Å². The molecule has 2 aromatic rings. The predicted molar refractivity (Wildman–Crippen MR) is 69.7 cm³/mol. The van der Waals surface area contributed by atoms with Gasteiger partial charge in [0.2, 0.25) is 0 Å². The summed E-state index contributed by atoms with van der Waals surface area (Å²) in [6.07, 6.45) is 4.48. The number of pyridine rings is 1. The van der Waals surface area contributed by atoms with Crippen molar-refractivity contribution in [2.75, 3.05) is 13.2 Å². The molecule has 0 aliphatic carbocycles. The minimum atomic E-state index is -0.130. The van der Waals surface area contributed by atoms with Crippen molar-refractivity contribution >= 4 is 12.2 Å². The van der Waals surface area contributed by atoms with Gasteiger partial charge in [-0.1, -0.05) is 0 Å². The Hall–Kier alpha value is -1.53. The molecule has 1 unspecified atom stereocenters. The zero-order valence-corrected chi connectivity index (χ0v) is 10.9. The van der Waals surface area contributed by atoms with Crippen LogP contribution in [0.5, 0.6) is 0 Å². The van der Waals surface area contributed by atoms with Crippen molar-refractivity contribution in [3.63, 3.8) is 0 Å². The fraction of sp³-hybridized carbons (Fsp3) is 0.417. The molecule has 0 saturated carbocycles. The van der Waals surface area contributed by atoms with Gasteiger partial charge in [0.05, 0.1) is 12.1 Å². The van der Waals surface area contributed by atoms with Crippen molar-refractivity contribution < 1.29 is 4.74 Å². The molecule has 94 valence electrons. The lowest BCUT2D eigenvalue weighted by Gasteiger charge is -2.25. The van der Waals surface area contributed by atoms with Crippen LogP contribution in [0, 0.1) is 4.77 Å². The maximum Gasteiger partial charge on any atom is 0.196 e. The number of nitrogens with one attached hydrogen (secondary N) is 1. The summed E-state index contributed by atoms with van der Waals surface area (Å²) < 4.78 is 8.18. The first-order valence-corrected chi connectivity index (χ1v) is 6.28. The molecule has 0 bridgehead atoms. The Bertz CT molecular complexity index is 598. The summed E-state index contributed by atoms with van der Waals surface area (Å²) in [6, 6.07) is 3.87. The molecule has 0 amide bonds. The van der Waals surface area contributed by atoms with Gasteiger partial charge < -0.3 is 4.74 Å². The summed E-state index contributed by atoms with van der Waals surface area (Å²) in [5.41, 5.74) is 0.827. The average Bonchev–Trinajstić information content (AvgIpc) is 2.98. The lowest BCUT2D eigenvalue weighted by molar-refractivity contribution is 0.161. The van der Waals surface area contributed by atoms with Crippen LogP contribution in [0.3, 0.4) is 0 Å². The molecule has 1 saturated heterocycles. The molecular formula is C12H14N4OS. The van der Waals surface area contributed by atoms with Gasteiger partial charge in [-0.3, -0.25) is 14.6 Å². The molecule has 6 heteroatoms. The number of aromatic nitrogens is 4. The van der Waals surface area contributed by atoms with E-state index in [2.05, 4.69) is 22.1 Å². The second-order valence-corrected chi connectivity index (χ2v) is 5.12. The third-order valence-electron chi connectivity index (χ3n) is 3.33. The Morgan fingerprint density at radius 1 is 1.56 bits per heavy atom. The Labute approximate surface area is 110 Å². The smallest absolute Gasteiger partial charge is 0.196 e. The maximum absolute atomic E-state index is 5.51. The fourth-order valence-electron chi connectivity index (χ4n) is 2.32. The molecule has 1 aliphatic heterocycles. The second-order valence-electron chi connectivity index (χ2n) is 4.73. The van der Waals surface area contributed by atoms with Crippen LogP contribution in [-0.2, 0) is 10.3 Å². The third kappa shape index (κ3) is 1.77. The lowest BCUT2D eigenvalue weighted by Crippen LogP contribution is -2.31. The van der Waals surface area contributed by atoms with Crippen molar-refractivity contribution in [2.24, 2.45) is 0 Å². The van der Waals surface area contributed by atoms with E-state index in [9.17, 15) is 0 Å². The van der Waals surface area contributed by atoms with Gasteiger partial charge in [0.1, 0.15) is 0 Å². The van der Waals surface area contributed by atoms with Gasteiger partial charge in [-0.2, -0.15) is 5.10 Å². The first-order valence-electron chi connectivity index (χ1n) is 5.87. The quantitative estimate of drug-likeness (QED) is 0.842. The molecule has 1 aliphatic rings. The highest BCUT2D eigenvalue weighted by Gasteiger charge is 2.34. The van der Waals surface area contributed by atoms with Crippen LogP contribution in [0.1, 0.15) is 13.3 Å². The third-order valence-corrected chi connectivity index (χ3v) is 3.60. The van der Waals surface area contributed by atoms with E-state index in [1.807, 2.05) is 16.7 Å². The summed E-state index contributed by atoms with van der Waals surface area (Å²) in [6.45, 7) is 3.56. The van der Waals surface area contributed by atoms with Crippen molar-refractivity contribution in [3.8, 4) is 11.4 Å². The van der Waals surface area contributed by atoms with Gasteiger partial charge in [0.25, 0.3) is 0 Å². The monoisotopic (exact) mass is 262 g/mol. The summed E-state index contributed by atoms with van der Waals surface area (Å²) in [7, 11) is 0. The number of H-pyrrole nitrogens is 1. The zero-order valence-electron chi connectivity index (χ0n) is 10.1. The summed E-state index contributed by atoms with van der Waals surface area (Å²) in [5, 5.41) is 7.20. The number of ether oxygens (including phenoxy) is 1. The van der Waals surface area contributed by atoms with Crippen molar-refractivity contribution in [2.45, 2.75) is 18.9 Å². The zero-order chi connectivity index (χ0) is 12.6. The van der Waals surface area contributed by atoms with Gasteiger partial charge >= 0.3 is 0 Å². The first-order chi connectivity index (χ1) is 8.71. The predicted octanol–water partition coefficient (Wildman–Crippen LogP) is 2.14. The molecule has 1 atom stereocenters. The fourth-order valence-corrected chi connectivity index (χ4v) is 2.67. The molecular weight excluding hydrogens is 248 g/mol. The lowest BCUT2D eigenvalue weighted by atomic mass is 10.0. The van der Waals surface area contributed by atoms with Gasteiger partial charge in [0, 0.05) is 24.6 Å². The van der Waals surface area contributed by atoms with Crippen LogP contribution in [-0.4, -0.2) is 33.0 Å². The van der Waals surface area contributed by atoms with Crippen molar-refractivity contribution in [1.29, 1.82) is 0 Å². The Kier molecular flexibility index (Phi) is 2.76. The number of hydrogen-bond donors (Lipinski definition) is 1. The topological polar surface area (TPSA) is 55.7 Å². The van der Waals surface area contributed by atoms with Crippen LogP contribution >= 0.6 is 12.2 Å². The molecule has 3 heterocycles. The van der Waals surface area contributed by atoms with Gasteiger partial charge in [-0.25, -0.2) is 0 Å². The van der Waals surface area contributed by atoms with E-state index in [0.29, 0.717) is 11.4 Å². The van der Waals surface area contributed by atoms with Crippen LogP contribution < -0.4 is 0 Å². The second kappa shape index (κ2) is 4.29. The van der Waals surface area contributed by atoms with E-state index in [1.54, 1.807) is 12.4 Å². The summed E-state index contributed by atoms with van der Waals surface area (Å²) in [4.78, 5) is 4.13. The van der Waals surface area contributed by atoms with Crippen LogP contribution in [0.25, 0.3) is 11.4 Å². The Morgan fingerprint density at radius 2 is 2.44 bits per heavy atom. The summed E-state index contributed by atoms with van der Waals surface area (Å²) in [5.74, 6) is 0.820. The minimum absolute atomic E-state index is 0.130. The SMILES string of the molecule is CC1(n2c(-c3cccnc3)n[nH]c2=S)CCOC1. The van der Waals surface area contributed by atoms with E-state index in [1.165, 1.54) is 0 Å². The van der Waals surface area contributed by atoms with Crippen molar-refractivity contribution in [3.05, 3.63) is 29.3 Å². The highest BCUT2D eigenvalue weighted by atomic mass is 32.1. The van der Waals surface area contributed by atoms with Crippen LogP contribution in [0.2, 0.25) is 0 Å². The number of hydrogen-bond acceptors (Lipinski definition) is 4. The Balaban J connectivity index is 2.16. The Morgan fingerprint density at radius 3 is 3.11 bits per heavy atom. The molecule has 0 spiro atoms. The normalized spacial score (nSPS) is 23.4. The highest BCUT2D eigenvalue weighted by molar-refractivity contribution is 7.71. The van der Waals surface area contributed by atoms with E-state index < -0.39 is 0 Å². The van der Waals surface area contributed by atoms with E-state index in [-0.39, 0.29) is 5.54 Å². The number of aromatic amines is 1. The molecule has 5 nitrogen and oxygen atoms in total. The molecule has 0 aromatic carbocycles. The van der Waals surface area contributed by atoms with E-state index in [4.69, 9.17) is 17.0 Å². The first kappa shape index (κ1) is 11.6. The molecule has 1 fully saturated rings. The van der Waals surface area contributed by atoms with Gasteiger partial charge in [-0.15, -0.1) is 0 Å². The average molecular weight is 262 g/mol. The molecule has 1 N–H and O–H groups in total. The largest absolute Gasteiger partial charge is 0.379 e. The molecule has 3 rings (SSSR count). The standard InChI is InChI=1S/C12H14N4OS/c1-12(4-6-17-8-12)16-10(14-15-11(16)18)9-3-2-5-13-7-9/h2-3,5,7H,4,6,8H2,1H3,(H,15,18). The van der Waals surface area contributed by atoms with Crippen LogP contribution in [0.15, 0.2) is 24.5 Å². The minimum Gasteiger partial charge on any atom is -0.379 e. The summed E-state index contributed by atoms with van der Waals surface area (Å²) >= 11 is 5.35. The number of nitrogens with zero attached hydrogens (tertiary/aromatic N) is 3. The maximum atomic E-state index is 5.51. The van der Waals surface area contributed by atoms with E-state index >= 15 is 0 Å². The van der Waals surface area contributed by atoms with Gasteiger partial charge in [-0.05, 0) is 37.7 Å². The molecule has 0 radical (unpaired) electrons. The molecule has 2 aromatic heterocycles. The van der Waals surface area contributed by atoms with Crippen LogP contribution in [0.4, 0.5) is 0 Å². The van der Waals surface area contributed by atoms with E-state index in [0.717, 1.165) is 24.4 Å². The van der Waals surface area contributed by atoms with Crippen molar-refractivity contribution in [1.82, 2.24) is 19.7 Å². The molecule has 18 heavy (non-hydrogen) atoms.